The number of benzene rings is 1. The van der Waals surface area contributed by atoms with E-state index in [0.717, 1.165) is 52.0 Å². The van der Waals surface area contributed by atoms with E-state index in [1.54, 1.807) is 0 Å². The Morgan fingerprint density at radius 3 is 2.23 bits per heavy atom. The van der Waals surface area contributed by atoms with Crippen LogP contribution in [0.15, 0.2) is 18.2 Å². The number of hydrogen-bond acceptors (Lipinski definition) is 4. The van der Waals surface area contributed by atoms with Crippen molar-refractivity contribution in [3.05, 3.63) is 29.3 Å². The third-order valence-corrected chi connectivity index (χ3v) is 5.09. The highest BCUT2D eigenvalue weighted by molar-refractivity contribution is 5.78. The molecule has 144 valence electrons. The molecule has 1 amide bonds. The molecule has 1 aromatic carbocycles. The molecule has 5 heteroatoms. The lowest BCUT2D eigenvalue weighted by Gasteiger charge is -2.37. The highest BCUT2D eigenvalue weighted by Gasteiger charge is 2.24. The van der Waals surface area contributed by atoms with Crippen molar-refractivity contribution in [2.75, 3.05) is 50.7 Å². The van der Waals surface area contributed by atoms with E-state index in [1.165, 1.54) is 36.6 Å². The lowest BCUT2D eigenvalue weighted by molar-refractivity contribution is -0.132. The maximum absolute atomic E-state index is 12.4. The normalized spacial score (nSPS) is 17.7. The van der Waals surface area contributed by atoms with Crippen LogP contribution in [0, 0.1) is 6.92 Å². The first-order valence-electron chi connectivity index (χ1n) is 9.82. The summed E-state index contributed by atoms with van der Waals surface area (Å²) in [7, 11) is 0. The molecular formula is C21H33N3O2. The maximum atomic E-state index is 12.4. The highest BCUT2D eigenvalue weighted by Crippen LogP contribution is 2.21. The minimum Gasteiger partial charge on any atom is -0.368 e. The molecule has 1 aromatic rings. The van der Waals surface area contributed by atoms with E-state index >= 15 is 0 Å². The number of amides is 1. The van der Waals surface area contributed by atoms with E-state index < -0.39 is 0 Å². The van der Waals surface area contributed by atoms with Gasteiger partial charge in [-0.1, -0.05) is 13.0 Å². The maximum Gasteiger partial charge on any atom is 0.236 e. The van der Waals surface area contributed by atoms with Gasteiger partial charge < -0.3 is 14.6 Å². The lowest BCUT2D eigenvalue weighted by Crippen LogP contribution is -2.51. The van der Waals surface area contributed by atoms with Crippen LogP contribution in [0.1, 0.15) is 37.8 Å². The van der Waals surface area contributed by atoms with Crippen LogP contribution in [-0.2, 0) is 16.0 Å². The van der Waals surface area contributed by atoms with Gasteiger partial charge in [0.15, 0.2) is 0 Å². The molecule has 2 heterocycles. The number of aryl methyl sites for hydroxylation is 2. The summed E-state index contributed by atoms with van der Waals surface area (Å²) < 4.78 is 0. The minimum atomic E-state index is 0.310. The second kappa shape index (κ2) is 10.3. The Balaban J connectivity index is 0.000000758. The molecular weight excluding hydrogens is 326 g/mol. The zero-order valence-electron chi connectivity index (χ0n) is 16.5. The number of aldehydes is 1. The molecule has 5 nitrogen and oxygen atoms in total. The standard InChI is InChI=1S/C19H29N3O.C2H4O/c1-3-17-12-16(2)13-18(14-17)21-8-10-22(11-9-21)19(23)15-20-6-4-5-7-20;1-2-3/h12-14H,3-11,15H2,1-2H3;2H,1H3. The van der Waals surface area contributed by atoms with E-state index in [-0.39, 0.29) is 0 Å². The van der Waals surface area contributed by atoms with Gasteiger partial charge in [-0.2, -0.15) is 0 Å². The van der Waals surface area contributed by atoms with E-state index in [2.05, 4.69) is 41.8 Å². The van der Waals surface area contributed by atoms with E-state index in [9.17, 15) is 4.79 Å². The van der Waals surface area contributed by atoms with Gasteiger partial charge in [0, 0.05) is 31.9 Å². The molecule has 0 spiro atoms. The summed E-state index contributed by atoms with van der Waals surface area (Å²) in [5.74, 6) is 0.310. The van der Waals surface area contributed by atoms with Crippen molar-refractivity contribution in [1.82, 2.24) is 9.80 Å². The van der Waals surface area contributed by atoms with Gasteiger partial charge in [0.05, 0.1) is 6.54 Å². The van der Waals surface area contributed by atoms with Gasteiger partial charge >= 0.3 is 0 Å². The molecule has 0 N–H and O–H groups in total. The van der Waals surface area contributed by atoms with Crippen LogP contribution in [0.5, 0.6) is 0 Å². The molecule has 3 rings (SSSR count). The summed E-state index contributed by atoms with van der Waals surface area (Å²) in [5, 5.41) is 0. The zero-order chi connectivity index (χ0) is 18.9. The van der Waals surface area contributed by atoms with Crippen molar-refractivity contribution in [2.45, 2.75) is 40.0 Å². The molecule has 0 atom stereocenters. The molecule has 0 aliphatic carbocycles. The number of carbonyl (C=O) groups is 2. The smallest absolute Gasteiger partial charge is 0.236 e. The van der Waals surface area contributed by atoms with Crippen LogP contribution in [0.3, 0.4) is 0 Å². The van der Waals surface area contributed by atoms with Crippen LogP contribution in [0.4, 0.5) is 5.69 Å². The van der Waals surface area contributed by atoms with Crippen molar-refractivity contribution in [3.8, 4) is 0 Å². The van der Waals surface area contributed by atoms with Crippen molar-refractivity contribution in [2.24, 2.45) is 0 Å². The number of anilines is 1. The van der Waals surface area contributed by atoms with Gasteiger partial charge in [-0.3, -0.25) is 9.69 Å². The first kappa shape index (κ1) is 20.4. The van der Waals surface area contributed by atoms with Gasteiger partial charge in [0.1, 0.15) is 6.29 Å². The van der Waals surface area contributed by atoms with Gasteiger partial charge in [-0.05, 0) is 69.5 Å². The van der Waals surface area contributed by atoms with E-state index in [0.29, 0.717) is 12.5 Å². The number of carbonyl (C=O) groups excluding carboxylic acids is 2. The molecule has 0 bridgehead atoms. The quantitative estimate of drug-likeness (QED) is 0.775. The molecule has 2 aliphatic heterocycles. The zero-order valence-corrected chi connectivity index (χ0v) is 16.5. The molecule has 2 saturated heterocycles. The van der Waals surface area contributed by atoms with Crippen LogP contribution in [0.2, 0.25) is 0 Å². The highest BCUT2D eigenvalue weighted by atomic mass is 16.2. The largest absolute Gasteiger partial charge is 0.368 e. The second-order valence-corrected chi connectivity index (χ2v) is 7.12. The predicted molar refractivity (Wildman–Crippen MR) is 107 cm³/mol. The predicted octanol–water partition coefficient (Wildman–Crippen LogP) is 2.51. The molecule has 2 aliphatic rings. The van der Waals surface area contributed by atoms with Crippen LogP contribution in [0.25, 0.3) is 0 Å². The van der Waals surface area contributed by atoms with Crippen molar-refractivity contribution >= 4 is 17.9 Å². The monoisotopic (exact) mass is 359 g/mol. The first-order chi connectivity index (χ1) is 12.6. The Morgan fingerprint density at radius 1 is 1.04 bits per heavy atom. The molecule has 2 fully saturated rings. The molecule has 0 radical (unpaired) electrons. The minimum absolute atomic E-state index is 0.310. The Kier molecular flexibility index (Phi) is 8.10. The van der Waals surface area contributed by atoms with Gasteiger partial charge in [0.2, 0.25) is 5.91 Å². The van der Waals surface area contributed by atoms with Crippen molar-refractivity contribution < 1.29 is 9.59 Å². The fourth-order valence-corrected chi connectivity index (χ4v) is 3.67. The van der Waals surface area contributed by atoms with Crippen LogP contribution >= 0.6 is 0 Å². The average molecular weight is 360 g/mol. The van der Waals surface area contributed by atoms with Gasteiger partial charge in [-0.15, -0.1) is 0 Å². The van der Waals surface area contributed by atoms with E-state index in [4.69, 9.17) is 4.79 Å². The lowest BCUT2D eigenvalue weighted by atomic mass is 10.1. The molecule has 0 aromatic heterocycles. The summed E-state index contributed by atoms with van der Waals surface area (Å²) >= 11 is 0. The Morgan fingerprint density at radius 2 is 1.65 bits per heavy atom. The number of nitrogens with zero attached hydrogens (tertiary/aromatic N) is 3. The number of rotatable bonds is 4. The first-order valence-corrected chi connectivity index (χ1v) is 9.82. The third-order valence-electron chi connectivity index (χ3n) is 5.09. The van der Waals surface area contributed by atoms with E-state index in [1.807, 2.05) is 4.90 Å². The van der Waals surface area contributed by atoms with Crippen LogP contribution < -0.4 is 4.90 Å². The summed E-state index contributed by atoms with van der Waals surface area (Å²) in [6.07, 6.45) is 4.31. The van der Waals surface area contributed by atoms with Gasteiger partial charge in [0.25, 0.3) is 0 Å². The van der Waals surface area contributed by atoms with Gasteiger partial charge in [-0.25, -0.2) is 0 Å². The summed E-state index contributed by atoms with van der Waals surface area (Å²) in [6.45, 7) is 12.2. The Hall–Kier alpha value is -1.88. The number of piperazine rings is 1. The fourth-order valence-electron chi connectivity index (χ4n) is 3.67. The Bertz CT molecular complexity index is 589. The van der Waals surface area contributed by atoms with Crippen molar-refractivity contribution in [1.29, 1.82) is 0 Å². The summed E-state index contributed by atoms with van der Waals surface area (Å²) in [4.78, 5) is 28.0. The topological polar surface area (TPSA) is 43.9 Å². The SMILES string of the molecule is CC=O.CCc1cc(C)cc(N2CCN(C(=O)CN3CCCC3)CC2)c1. The van der Waals surface area contributed by atoms with Crippen LogP contribution in [-0.4, -0.2) is 67.8 Å². The molecule has 0 unspecified atom stereocenters. The Labute approximate surface area is 158 Å². The summed E-state index contributed by atoms with van der Waals surface area (Å²) in [6, 6.07) is 6.83. The average Bonchev–Trinajstić information content (AvgIpc) is 3.15. The molecule has 26 heavy (non-hydrogen) atoms. The third kappa shape index (κ3) is 5.84. The molecule has 0 saturated carbocycles. The second-order valence-electron chi connectivity index (χ2n) is 7.12. The number of likely N-dealkylation sites (tertiary alicyclic amines) is 1. The fraction of sp³-hybridized carbons (Fsp3) is 0.619. The summed E-state index contributed by atoms with van der Waals surface area (Å²) in [5.41, 5.74) is 4.04. The van der Waals surface area contributed by atoms with Crippen molar-refractivity contribution in [3.63, 3.8) is 0 Å². The number of hydrogen-bond donors (Lipinski definition) is 0.